The summed E-state index contributed by atoms with van der Waals surface area (Å²) < 4.78 is 10.1. The molecule has 2 N–H and O–H groups in total. The van der Waals surface area contributed by atoms with Gasteiger partial charge in [-0.3, -0.25) is 0 Å². The lowest BCUT2D eigenvalue weighted by Crippen LogP contribution is -2.28. The molecule has 0 aliphatic rings. The van der Waals surface area contributed by atoms with Gasteiger partial charge in [0.15, 0.2) is 0 Å². The number of methoxy groups -OCH3 is 1. The van der Waals surface area contributed by atoms with Gasteiger partial charge in [0.25, 0.3) is 0 Å². The van der Waals surface area contributed by atoms with Crippen LogP contribution in [0.15, 0.2) is 0 Å². The summed E-state index contributed by atoms with van der Waals surface area (Å²) in [6.07, 6.45) is 2.02. The van der Waals surface area contributed by atoms with Gasteiger partial charge in [-0.05, 0) is 26.3 Å². The monoisotopic (exact) mass is 205 g/mol. The standard InChI is InChI=1S/C10H23NO3/c1-10(4-8-13-2)11-5-3-7-14-9-6-12/h10-12H,3-9H2,1-2H3. The van der Waals surface area contributed by atoms with Crippen molar-refractivity contribution in [3.8, 4) is 0 Å². The second-order valence-corrected chi connectivity index (χ2v) is 3.33. The van der Waals surface area contributed by atoms with E-state index in [1.54, 1.807) is 7.11 Å². The molecule has 0 amide bonds. The van der Waals surface area contributed by atoms with E-state index in [0.717, 1.165) is 26.0 Å². The van der Waals surface area contributed by atoms with Crippen molar-refractivity contribution in [2.24, 2.45) is 0 Å². The Morgan fingerprint density at radius 3 is 2.71 bits per heavy atom. The average molecular weight is 205 g/mol. The van der Waals surface area contributed by atoms with Crippen molar-refractivity contribution in [1.29, 1.82) is 0 Å². The number of hydrogen-bond acceptors (Lipinski definition) is 4. The average Bonchev–Trinajstić information content (AvgIpc) is 2.20. The van der Waals surface area contributed by atoms with E-state index in [2.05, 4.69) is 12.2 Å². The lowest BCUT2D eigenvalue weighted by Gasteiger charge is -2.12. The quantitative estimate of drug-likeness (QED) is 0.507. The Morgan fingerprint density at radius 1 is 1.29 bits per heavy atom. The topological polar surface area (TPSA) is 50.7 Å². The summed E-state index contributed by atoms with van der Waals surface area (Å²) in [6.45, 7) is 5.17. The van der Waals surface area contributed by atoms with Gasteiger partial charge < -0.3 is 19.9 Å². The number of rotatable bonds is 10. The summed E-state index contributed by atoms with van der Waals surface area (Å²) in [4.78, 5) is 0. The second-order valence-electron chi connectivity index (χ2n) is 3.33. The fourth-order valence-corrected chi connectivity index (χ4v) is 1.09. The van der Waals surface area contributed by atoms with Crippen LogP contribution in [0.4, 0.5) is 0 Å². The fraction of sp³-hybridized carbons (Fsp3) is 1.00. The van der Waals surface area contributed by atoms with Crippen molar-refractivity contribution in [3.05, 3.63) is 0 Å². The molecule has 0 bridgehead atoms. The van der Waals surface area contributed by atoms with Crippen LogP contribution < -0.4 is 5.32 Å². The normalized spacial score (nSPS) is 13.1. The van der Waals surface area contributed by atoms with E-state index in [4.69, 9.17) is 14.6 Å². The predicted molar refractivity (Wildman–Crippen MR) is 56.5 cm³/mol. The van der Waals surface area contributed by atoms with E-state index < -0.39 is 0 Å². The summed E-state index contributed by atoms with van der Waals surface area (Å²) in [6, 6.07) is 0.493. The highest BCUT2D eigenvalue weighted by Crippen LogP contribution is 1.91. The third-order valence-electron chi connectivity index (χ3n) is 1.95. The molecule has 0 radical (unpaired) electrons. The molecule has 1 atom stereocenters. The maximum Gasteiger partial charge on any atom is 0.0697 e. The molecule has 0 rings (SSSR count). The van der Waals surface area contributed by atoms with Crippen molar-refractivity contribution in [1.82, 2.24) is 5.32 Å². The van der Waals surface area contributed by atoms with Gasteiger partial charge in [-0.2, -0.15) is 0 Å². The van der Waals surface area contributed by atoms with E-state index in [0.29, 0.717) is 19.3 Å². The van der Waals surface area contributed by atoms with Gasteiger partial charge in [-0.25, -0.2) is 0 Å². The summed E-state index contributed by atoms with van der Waals surface area (Å²) in [5.74, 6) is 0. The minimum Gasteiger partial charge on any atom is -0.394 e. The van der Waals surface area contributed by atoms with Gasteiger partial charge in [0.05, 0.1) is 13.2 Å². The first-order valence-corrected chi connectivity index (χ1v) is 5.22. The van der Waals surface area contributed by atoms with E-state index in [1.807, 2.05) is 0 Å². The van der Waals surface area contributed by atoms with Crippen LogP contribution in [0, 0.1) is 0 Å². The van der Waals surface area contributed by atoms with E-state index in [9.17, 15) is 0 Å². The highest BCUT2D eigenvalue weighted by molar-refractivity contribution is 4.59. The first kappa shape index (κ1) is 13.8. The van der Waals surface area contributed by atoms with E-state index >= 15 is 0 Å². The van der Waals surface area contributed by atoms with Crippen LogP contribution in [-0.4, -0.2) is 51.2 Å². The molecule has 4 nitrogen and oxygen atoms in total. The largest absolute Gasteiger partial charge is 0.394 e. The van der Waals surface area contributed by atoms with Gasteiger partial charge in [0.1, 0.15) is 0 Å². The van der Waals surface area contributed by atoms with Crippen molar-refractivity contribution < 1.29 is 14.6 Å². The Labute approximate surface area is 86.6 Å². The number of aliphatic hydroxyl groups excluding tert-OH is 1. The Bertz CT molecular complexity index is 112. The minimum absolute atomic E-state index is 0.109. The highest BCUT2D eigenvalue weighted by Gasteiger charge is 1.99. The summed E-state index contributed by atoms with van der Waals surface area (Å²) in [7, 11) is 1.72. The lowest BCUT2D eigenvalue weighted by molar-refractivity contribution is 0.0902. The van der Waals surface area contributed by atoms with Gasteiger partial charge in [0, 0.05) is 26.4 Å². The maximum atomic E-state index is 8.45. The number of aliphatic hydroxyl groups is 1. The van der Waals surface area contributed by atoms with Gasteiger partial charge >= 0.3 is 0 Å². The van der Waals surface area contributed by atoms with Gasteiger partial charge in [0.2, 0.25) is 0 Å². The lowest BCUT2D eigenvalue weighted by atomic mass is 10.2. The van der Waals surface area contributed by atoms with Crippen LogP contribution in [0.1, 0.15) is 19.8 Å². The van der Waals surface area contributed by atoms with Crippen LogP contribution in [0.25, 0.3) is 0 Å². The molecule has 0 aliphatic carbocycles. The van der Waals surface area contributed by atoms with E-state index in [1.165, 1.54) is 0 Å². The minimum atomic E-state index is 0.109. The molecule has 14 heavy (non-hydrogen) atoms. The van der Waals surface area contributed by atoms with Crippen molar-refractivity contribution in [3.63, 3.8) is 0 Å². The number of ether oxygens (including phenoxy) is 2. The number of nitrogens with one attached hydrogen (secondary N) is 1. The van der Waals surface area contributed by atoms with Gasteiger partial charge in [-0.1, -0.05) is 0 Å². The third kappa shape index (κ3) is 9.92. The Kier molecular flexibility index (Phi) is 10.8. The molecule has 0 heterocycles. The van der Waals surface area contributed by atoms with Crippen molar-refractivity contribution >= 4 is 0 Å². The van der Waals surface area contributed by atoms with Crippen LogP contribution in [0.3, 0.4) is 0 Å². The zero-order chi connectivity index (χ0) is 10.6. The maximum absolute atomic E-state index is 8.45. The fourth-order valence-electron chi connectivity index (χ4n) is 1.09. The highest BCUT2D eigenvalue weighted by atomic mass is 16.5. The molecular formula is C10H23NO3. The summed E-state index contributed by atoms with van der Waals surface area (Å²) in [5, 5.41) is 11.8. The first-order chi connectivity index (χ1) is 6.81. The SMILES string of the molecule is COCCC(C)NCCCOCCO. The van der Waals surface area contributed by atoms with E-state index in [-0.39, 0.29) is 6.61 Å². The molecule has 0 saturated heterocycles. The number of hydrogen-bond donors (Lipinski definition) is 2. The van der Waals surface area contributed by atoms with Crippen LogP contribution in [0.5, 0.6) is 0 Å². The zero-order valence-corrected chi connectivity index (χ0v) is 9.29. The van der Waals surface area contributed by atoms with Crippen LogP contribution in [0.2, 0.25) is 0 Å². The molecule has 0 aliphatic heterocycles. The molecule has 1 unspecified atom stereocenters. The Hall–Kier alpha value is -0.160. The molecule has 0 fully saturated rings. The van der Waals surface area contributed by atoms with Crippen LogP contribution >= 0.6 is 0 Å². The molecule has 0 aromatic rings. The summed E-state index contributed by atoms with van der Waals surface area (Å²) in [5.41, 5.74) is 0. The second kappa shape index (κ2) is 10.9. The van der Waals surface area contributed by atoms with Crippen molar-refractivity contribution in [2.75, 3.05) is 40.1 Å². The molecule has 86 valence electrons. The first-order valence-electron chi connectivity index (χ1n) is 5.22. The third-order valence-corrected chi connectivity index (χ3v) is 1.95. The molecule has 0 spiro atoms. The molecular weight excluding hydrogens is 182 g/mol. The predicted octanol–water partition coefficient (Wildman–Crippen LogP) is 0.400. The smallest absolute Gasteiger partial charge is 0.0697 e. The molecule has 0 aromatic heterocycles. The zero-order valence-electron chi connectivity index (χ0n) is 9.29. The van der Waals surface area contributed by atoms with Gasteiger partial charge in [-0.15, -0.1) is 0 Å². The van der Waals surface area contributed by atoms with Crippen LogP contribution in [-0.2, 0) is 9.47 Å². The summed E-state index contributed by atoms with van der Waals surface area (Å²) >= 11 is 0. The molecule has 0 saturated carbocycles. The molecule has 4 heteroatoms. The Balaban J connectivity index is 3.02. The molecule has 0 aromatic carbocycles. The Morgan fingerprint density at radius 2 is 2.07 bits per heavy atom. The van der Waals surface area contributed by atoms with Crippen molar-refractivity contribution in [2.45, 2.75) is 25.8 Å².